The summed E-state index contributed by atoms with van der Waals surface area (Å²) in [7, 11) is 2.22. The van der Waals surface area contributed by atoms with Crippen molar-refractivity contribution < 1.29 is 5.11 Å². The third-order valence-corrected chi connectivity index (χ3v) is 4.55. The third-order valence-electron chi connectivity index (χ3n) is 4.55. The fourth-order valence-electron chi connectivity index (χ4n) is 3.21. The van der Waals surface area contributed by atoms with Gasteiger partial charge in [0.1, 0.15) is 5.75 Å². The van der Waals surface area contributed by atoms with Gasteiger partial charge in [0.15, 0.2) is 0 Å². The van der Waals surface area contributed by atoms with Crippen LogP contribution in [0.5, 0.6) is 5.75 Å². The van der Waals surface area contributed by atoms with E-state index in [0.29, 0.717) is 17.8 Å². The maximum atomic E-state index is 9.59. The van der Waals surface area contributed by atoms with Crippen molar-refractivity contribution in [3.05, 3.63) is 29.8 Å². The second-order valence-corrected chi connectivity index (χ2v) is 5.77. The average Bonchev–Trinajstić information content (AvgIpc) is 2.37. The first-order valence-corrected chi connectivity index (χ1v) is 7.10. The van der Waals surface area contributed by atoms with Crippen molar-refractivity contribution in [2.45, 2.75) is 51.6 Å². The summed E-state index contributed by atoms with van der Waals surface area (Å²) in [6, 6.07) is 8.70. The number of hydrogen-bond acceptors (Lipinski definition) is 2. The fraction of sp³-hybridized carbons (Fsp3) is 0.625. The standard InChI is InChI=1S/C16H25NO/c1-12-7-4-5-10-16(12)17(3)13(2)14-8-6-9-15(18)11-14/h6,8-9,11-13,16,18H,4-5,7,10H2,1-3H3. The maximum Gasteiger partial charge on any atom is 0.115 e. The van der Waals surface area contributed by atoms with E-state index in [1.807, 2.05) is 12.1 Å². The Labute approximate surface area is 111 Å². The zero-order valence-electron chi connectivity index (χ0n) is 11.8. The number of rotatable bonds is 3. The molecule has 2 heteroatoms. The molecule has 2 nitrogen and oxygen atoms in total. The minimum Gasteiger partial charge on any atom is -0.508 e. The van der Waals surface area contributed by atoms with Crippen LogP contribution >= 0.6 is 0 Å². The molecule has 0 amide bonds. The highest BCUT2D eigenvalue weighted by Crippen LogP contribution is 2.32. The lowest BCUT2D eigenvalue weighted by atomic mass is 9.84. The van der Waals surface area contributed by atoms with Gasteiger partial charge in [0, 0.05) is 12.1 Å². The molecule has 1 aromatic rings. The van der Waals surface area contributed by atoms with Gasteiger partial charge in [-0.2, -0.15) is 0 Å². The SMILES string of the molecule is CC1CCCCC1N(C)C(C)c1cccc(O)c1. The van der Waals surface area contributed by atoms with Crippen LogP contribution in [0.25, 0.3) is 0 Å². The van der Waals surface area contributed by atoms with Gasteiger partial charge in [0.2, 0.25) is 0 Å². The van der Waals surface area contributed by atoms with Gasteiger partial charge in [-0.25, -0.2) is 0 Å². The van der Waals surface area contributed by atoms with E-state index in [2.05, 4.69) is 31.9 Å². The molecule has 1 N–H and O–H groups in total. The van der Waals surface area contributed by atoms with E-state index >= 15 is 0 Å². The molecule has 0 radical (unpaired) electrons. The van der Waals surface area contributed by atoms with Crippen LogP contribution in [-0.4, -0.2) is 23.1 Å². The molecule has 1 aliphatic carbocycles. The smallest absolute Gasteiger partial charge is 0.115 e. The van der Waals surface area contributed by atoms with Crippen molar-refractivity contribution in [2.24, 2.45) is 5.92 Å². The van der Waals surface area contributed by atoms with Crippen molar-refractivity contribution in [1.82, 2.24) is 4.90 Å². The summed E-state index contributed by atoms with van der Waals surface area (Å²) in [6.07, 6.45) is 5.39. The molecule has 0 heterocycles. The Balaban J connectivity index is 2.10. The van der Waals surface area contributed by atoms with Crippen LogP contribution in [0.2, 0.25) is 0 Å². The molecule has 1 aliphatic rings. The summed E-state index contributed by atoms with van der Waals surface area (Å²) in [4.78, 5) is 2.48. The quantitative estimate of drug-likeness (QED) is 0.873. The van der Waals surface area contributed by atoms with Crippen LogP contribution in [0.4, 0.5) is 0 Å². The van der Waals surface area contributed by atoms with E-state index in [1.165, 1.54) is 31.2 Å². The van der Waals surface area contributed by atoms with Crippen LogP contribution in [0, 0.1) is 5.92 Å². The zero-order chi connectivity index (χ0) is 13.1. The van der Waals surface area contributed by atoms with Gasteiger partial charge in [-0.3, -0.25) is 4.90 Å². The molecule has 0 aromatic heterocycles. The summed E-state index contributed by atoms with van der Waals surface area (Å²) in [5.41, 5.74) is 1.20. The average molecular weight is 247 g/mol. The highest BCUT2D eigenvalue weighted by atomic mass is 16.3. The molecule has 0 aliphatic heterocycles. The van der Waals surface area contributed by atoms with Gasteiger partial charge in [-0.15, -0.1) is 0 Å². The van der Waals surface area contributed by atoms with Gasteiger partial charge in [0.25, 0.3) is 0 Å². The minimum atomic E-state index is 0.364. The molecular formula is C16H25NO. The Bertz CT molecular complexity index is 390. The molecule has 3 unspecified atom stereocenters. The fourth-order valence-corrected chi connectivity index (χ4v) is 3.21. The van der Waals surface area contributed by atoms with E-state index < -0.39 is 0 Å². The largest absolute Gasteiger partial charge is 0.508 e. The molecule has 0 spiro atoms. The Morgan fingerprint density at radius 1 is 1.28 bits per heavy atom. The van der Waals surface area contributed by atoms with Gasteiger partial charge in [-0.1, -0.05) is 31.9 Å². The van der Waals surface area contributed by atoms with E-state index in [4.69, 9.17) is 0 Å². The molecule has 2 rings (SSSR count). The molecule has 1 aromatic carbocycles. The summed E-state index contributed by atoms with van der Waals surface area (Å²) in [5.74, 6) is 1.15. The molecular weight excluding hydrogens is 222 g/mol. The molecule has 18 heavy (non-hydrogen) atoms. The number of phenolic OH excluding ortho intramolecular Hbond substituents is 1. The van der Waals surface area contributed by atoms with Crippen molar-refractivity contribution in [1.29, 1.82) is 0 Å². The minimum absolute atomic E-state index is 0.364. The Morgan fingerprint density at radius 3 is 2.67 bits per heavy atom. The summed E-state index contributed by atoms with van der Waals surface area (Å²) in [6.45, 7) is 4.60. The lowest BCUT2D eigenvalue weighted by molar-refractivity contribution is 0.104. The number of phenols is 1. The summed E-state index contributed by atoms with van der Waals surface area (Å²) < 4.78 is 0. The highest BCUT2D eigenvalue weighted by molar-refractivity contribution is 5.29. The first-order valence-electron chi connectivity index (χ1n) is 7.10. The van der Waals surface area contributed by atoms with Gasteiger partial charge >= 0.3 is 0 Å². The van der Waals surface area contributed by atoms with Crippen LogP contribution in [0.15, 0.2) is 24.3 Å². The zero-order valence-corrected chi connectivity index (χ0v) is 11.8. The Hall–Kier alpha value is -1.02. The van der Waals surface area contributed by atoms with E-state index in [0.717, 1.165) is 5.92 Å². The van der Waals surface area contributed by atoms with Crippen LogP contribution in [0.1, 0.15) is 51.1 Å². The molecule has 0 saturated heterocycles. The number of aromatic hydroxyl groups is 1. The summed E-state index contributed by atoms with van der Waals surface area (Å²) in [5, 5.41) is 9.59. The predicted molar refractivity (Wildman–Crippen MR) is 75.7 cm³/mol. The van der Waals surface area contributed by atoms with Gasteiger partial charge in [-0.05, 0) is 50.4 Å². The second kappa shape index (κ2) is 5.75. The highest BCUT2D eigenvalue weighted by Gasteiger charge is 2.28. The Kier molecular flexibility index (Phi) is 4.28. The second-order valence-electron chi connectivity index (χ2n) is 5.77. The van der Waals surface area contributed by atoms with Crippen LogP contribution < -0.4 is 0 Å². The van der Waals surface area contributed by atoms with E-state index in [-0.39, 0.29) is 0 Å². The lowest BCUT2D eigenvalue weighted by Gasteiger charge is -2.39. The van der Waals surface area contributed by atoms with Crippen molar-refractivity contribution in [3.8, 4) is 5.75 Å². The van der Waals surface area contributed by atoms with Crippen molar-refractivity contribution in [2.75, 3.05) is 7.05 Å². The number of benzene rings is 1. The first kappa shape index (κ1) is 13.4. The lowest BCUT2D eigenvalue weighted by Crippen LogP contribution is -2.40. The maximum absolute atomic E-state index is 9.59. The molecule has 1 fully saturated rings. The third kappa shape index (κ3) is 2.86. The summed E-state index contributed by atoms with van der Waals surface area (Å²) >= 11 is 0. The predicted octanol–water partition coefficient (Wildman–Crippen LogP) is 3.96. The molecule has 0 bridgehead atoms. The normalized spacial score (nSPS) is 26.2. The molecule has 3 atom stereocenters. The first-order chi connectivity index (χ1) is 8.59. The number of nitrogens with zero attached hydrogens (tertiary/aromatic N) is 1. The Morgan fingerprint density at radius 2 is 2.00 bits per heavy atom. The number of hydrogen-bond donors (Lipinski definition) is 1. The van der Waals surface area contributed by atoms with E-state index in [1.54, 1.807) is 6.07 Å². The topological polar surface area (TPSA) is 23.5 Å². The van der Waals surface area contributed by atoms with Gasteiger partial charge < -0.3 is 5.11 Å². The van der Waals surface area contributed by atoms with Crippen molar-refractivity contribution >= 4 is 0 Å². The molecule has 1 saturated carbocycles. The van der Waals surface area contributed by atoms with E-state index in [9.17, 15) is 5.11 Å². The van der Waals surface area contributed by atoms with Crippen LogP contribution in [0.3, 0.4) is 0 Å². The molecule has 100 valence electrons. The van der Waals surface area contributed by atoms with Crippen LogP contribution in [-0.2, 0) is 0 Å². The van der Waals surface area contributed by atoms with Gasteiger partial charge in [0.05, 0.1) is 0 Å². The monoisotopic (exact) mass is 247 g/mol. The van der Waals surface area contributed by atoms with Crippen molar-refractivity contribution in [3.63, 3.8) is 0 Å².